The Morgan fingerprint density at radius 2 is 2.05 bits per heavy atom. The summed E-state index contributed by atoms with van der Waals surface area (Å²) in [5, 5.41) is 18.0. The van der Waals surface area contributed by atoms with E-state index in [1.165, 1.54) is 37.7 Å². The molecule has 2 rings (SSSR count). The van der Waals surface area contributed by atoms with Crippen molar-refractivity contribution in [3.63, 3.8) is 0 Å². The van der Waals surface area contributed by atoms with Gasteiger partial charge in [-0.3, -0.25) is 4.79 Å². The Bertz CT molecular complexity index is 470. The predicted molar refractivity (Wildman–Crippen MR) is 82.6 cm³/mol. The van der Waals surface area contributed by atoms with Gasteiger partial charge < -0.3 is 14.6 Å². The van der Waals surface area contributed by atoms with Crippen LogP contribution < -0.4 is 0 Å². The number of carboxylic acids is 1. The molecule has 1 aromatic heterocycles. The van der Waals surface area contributed by atoms with Crippen molar-refractivity contribution >= 4 is 17.7 Å². The number of carboxylic acid groups (broad SMARTS) is 1. The Labute approximate surface area is 129 Å². The number of thioether (sulfide) groups is 1. The van der Waals surface area contributed by atoms with Crippen LogP contribution in [0, 0.1) is 5.92 Å². The van der Waals surface area contributed by atoms with Gasteiger partial charge in [0, 0.05) is 19.5 Å². The molecule has 1 N–H and O–H groups in total. The van der Waals surface area contributed by atoms with Gasteiger partial charge in [0.15, 0.2) is 5.16 Å². The summed E-state index contributed by atoms with van der Waals surface area (Å²) in [4.78, 5) is 13.2. The van der Waals surface area contributed by atoms with Crippen molar-refractivity contribution in [1.82, 2.24) is 19.7 Å². The normalized spacial score (nSPS) is 16.0. The van der Waals surface area contributed by atoms with Crippen molar-refractivity contribution < 1.29 is 9.90 Å². The smallest absolute Gasteiger partial charge is 0.313 e. The van der Waals surface area contributed by atoms with E-state index in [1.807, 2.05) is 0 Å². The standard InChI is InChI=1S/C14H24N4O2S/c1-11(2)9-18-12(5-8-17-6-3-4-7-17)15-16-14(18)21-10-13(19)20/h11H,3-10H2,1-2H3,(H,19,20). The third-order valence-electron chi connectivity index (χ3n) is 3.52. The number of aromatic nitrogens is 3. The first-order chi connectivity index (χ1) is 10.1. The Balaban J connectivity index is 2.01. The van der Waals surface area contributed by atoms with Crippen LogP contribution in [0.15, 0.2) is 5.16 Å². The summed E-state index contributed by atoms with van der Waals surface area (Å²) in [6.45, 7) is 8.51. The van der Waals surface area contributed by atoms with Gasteiger partial charge >= 0.3 is 5.97 Å². The van der Waals surface area contributed by atoms with E-state index < -0.39 is 5.97 Å². The summed E-state index contributed by atoms with van der Waals surface area (Å²) in [7, 11) is 0. The Morgan fingerprint density at radius 3 is 2.67 bits per heavy atom. The molecule has 1 aromatic rings. The minimum Gasteiger partial charge on any atom is -0.481 e. The second-order valence-electron chi connectivity index (χ2n) is 5.88. The van der Waals surface area contributed by atoms with E-state index in [0.29, 0.717) is 5.92 Å². The molecule has 0 spiro atoms. The van der Waals surface area contributed by atoms with Crippen LogP contribution in [0.2, 0.25) is 0 Å². The number of carbonyl (C=O) groups is 1. The van der Waals surface area contributed by atoms with Crippen molar-refractivity contribution in [2.24, 2.45) is 5.92 Å². The average Bonchev–Trinajstić information content (AvgIpc) is 3.03. The lowest BCUT2D eigenvalue weighted by Crippen LogP contribution is -2.23. The van der Waals surface area contributed by atoms with E-state index >= 15 is 0 Å². The van der Waals surface area contributed by atoms with E-state index in [-0.39, 0.29) is 5.75 Å². The van der Waals surface area contributed by atoms with E-state index in [2.05, 4.69) is 33.5 Å². The second-order valence-corrected chi connectivity index (χ2v) is 6.83. The molecule has 1 fully saturated rings. The van der Waals surface area contributed by atoms with E-state index in [9.17, 15) is 4.79 Å². The first-order valence-electron chi connectivity index (χ1n) is 7.55. The number of likely N-dealkylation sites (tertiary alicyclic amines) is 1. The monoisotopic (exact) mass is 312 g/mol. The van der Waals surface area contributed by atoms with Crippen LogP contribution >= 0.6 is 11.8 Å². The lowest BCUT2D eigenvalue weighted by atomic mass is 10.2. The number of hydrogen-bond donors (Lipinski definition) is 1. The van der Waals surface area contributed by atoms with Gasteiger partial charge in [-0.2, -0.15) is 0 Å². The van der Waals surface area contributed by atoms with Crippen LogP contribution in [0.4, 0.5) is 0 Å². The van der Waals surface area contributed by atoms with Gasteiger partial charge in [0.1, 0.15) is 5.82 Å². The summed E-state index contributed by atoms with van der Waals surface area (Å²) in [5.41, 5.74) is 0. The molecule has 0 atom stereocenters. The van der Waals surface area contributed by atoms with Gasteiger partial charge in [-0.05, 0) is 31.8 Å². The molecule has 0 unspecified atom stereocenters. The van der Waals surface area contributed by atoms with Gasteiger partial charge in [0.05, 0.1) is 5.75 Å². The van der Waals surface area contributed by atoms with Crippen LogP contribution in [0.25, 0.3) is 0 Å². The third-order valence-corrected chi connectivity index (χ3v) is 4.47. The van der Waals surface area contributed by atoms with Crippen molar-refractivity contribution in [3.05, 3.63) is 5.82 Å². The molecule has 1 aliphatic rings. The summed E-state index contributed by atoms with van der Waals surface area (Å²) < 4.78 is 2.09. The van der Waals surface area contributed by atoms with Crippen LogP contribution in [0.3, 0.4) is 0 Å². The molecule has 0 aliphatic carbocycles. The second kappa shape index (κ2) is 7.79. The predicted octanol–water partition coefficient (Wildman–Crippen LogP) is 1.75. The first-order valence-corrected chi connectivity index (χ1v) is 8.54. The largest absolute Gasteiger partial charge is 0.481 e. The first kappa shape index (κ1) is 16.3. The highest BCUT2D eigenvalue weighted by atomic mass is 32.2. The fraction of sp³-hybridized carbons (Fsp3) is 0.786. The molecule has 0 radical (unpaired) electrons. The van der Waals surface area contributed by atoms with Crippen molar-refractivity contribution in [3.8, 4) is 0 Å². The summed E-state index contributed by atoms with van der Waals surface area (Å²) >= 11 is 1.25. The maximum Gasteiger partial charge on any atom is 0.313 e. The quantitative estimate of drug-likeness (QED) is 0.737. The topological polar surface area (TPSA) is 71.2 Å². The third kappa shape index (κ3) is 5.00. The summed E-state index contributed by atoms with van der Waals surface area (Å²) in [6, 6.07) is 0. The van der Waals surface area contributed by atoms with Crippen LogP contribution in [0.5, 0.6) is 0 Å². The minimum atomic E-state index is -0.822. The van der Waals surface area contributed by atoms with Crippen molar-refractivity contribution in [2.45, 2.75) is 44.8 Å². The van der Waals surface area contributed by atoms with Gasteiger partial charge in [-0.25, -0.2) is 0 Å². The van der Waals surface area contributed by atoms with Crippen LogP contribution in [-0.4, -0.2) is 56.1 Å². The highest BCUT2D eigenvalue weighted by Crippen LogP contribution is 2.19. The number of hydrogen-bond acceptors (Lipinski definition) is 5. The highest BCUT2D eigenvalue weighted by molar-refractivity contribution is 7.99. The summed E-state index contributed by atoms with van der Waals surface area (Å²) in [6.07, 6.45) is 3.46. The number of rotatable bonds is 8. The van der Waals surface area contributed by atoms with Gasteiger partial charge in [-0.15, -0.1) is 10.2 Å². The lowest BCUT2D eigenvalue weighted by Gasteiger charge is -2.16. The molecule has 2 heterocycles. The summed E-state index contributed by atoms with van der Waals surface area (Å²) in [5.74, 6) is 0.666. The Kier molecular flexibility index (Phi) is 6.05. The zero-order valence-corrected chi connectivity index (χ0v) is 13.6. The zero-order valence-electron chi connectivity index (χ0n) is 12.8. The molecule has 0 bridgehead atoms. The molecule has 1 saturated heterocycles. The molecule has 118 valence electrons. The molecular weight excluding hydrogens is 288 g/mol. The zero-order chi connectivity index (χ0) is 15.2. The highest BCUT2D eigenvalue weighted by Gasteiger charge is 2.17. The maximum absolute atomic E-state index is 10.7. The van der Waals surface area contributed by atoms with Crippen molar-refractivity contribution in [2.75, 3.05) is 25.4 Å². The van der Waals surface area contributed by atoms with Gasteiger partial charge in [0.25, 0.3) is 0 Å². The molecule has 0 aromatic carbocycles. The van der Waals surface area contributed by atoms with E-state index in [4.69, 9.17) is 5.11 Å². The SMILES string of the molecule is CC(C)Cn1c(CCN2CCCC2)nnc1SCC(=O)O. The lowest BCUT2D eigenvalue weighted by molar-refractivity contribution is -0.133. The Morgan fingerprint density at radius 1 is 1.33 bits per heavy atom. The maximum atomic E-state index is 10.7. The Hall–Kier alpha value is -1.08. The minimum absolute atomic E-state index is 0.0301. The van der Waals surface area contributed by atoms with Crippen LogP contribution in [-0.2, 0) is 17.8 Å². The fourth-order valence-corrected chi connectivity index (χ4v) is 3.24. The average molecular weight is 312 g/mol. The molecule has 21 heavy (non-hydrogen) atoms. The van der Waals surface area contributed by atoms with Crippen LogP contribution in [0.1, 0.15) is 32.5 Å². The molecule has 0 saturated carbocycles. The van der Waals surface area contributed by atoms with E-state index in [1.54, 1.807) is 0 Å². The molecule has 1 aliphatic heterocycles. The number of aliphatic carboxylic acids is 1. The van der Waals surface area contributed by atoms with Gasteiger partial charge in [0.2, 0.25) is 0 Å². The molecule has 6 nitrogen and oxygen atoms in total. The van der Waals surface area contributed by atoms with Gasteiger partial charge in [-0.1, -0.05) is 25.6 Å². The fourth-order valence-electron chi connectivity index (χ4n) is 2.55. The van der Waals surface area contributed by atoms with E-state index in [0.717, 1.165) is 30.5 Å². The molecule has 0 amide bonds. The number of nitrogens with zero attached hydrogens (tertiary/aromatic N) is 4. The van der Waals surface area contributed by atoms with Crippen molar-refractivity contribution in [1.29, 1.82) is 0 Å². The molecule has 7 heteroatoms. The molecular formula is C14H24N4O2S.